The quantitative estimate of drug-likeness (QED) is 0.191. The van der Waals surface area contributed by atoms with Gasteiger partial charge in [0.15, 0.2) is 11.6 Å². The second-order valence-corrected chi connectivity index (χ2v) is 9.39. The number of nitrogens with zero attached hydrogens (tertiary/aromatic N) is 2. The van der Waals surface area contributed by atoms with Crippen LogP contribution in [0.1, 0.15) is 30.1 Å². The number of hydrogen-bond donors (Lipinski definition) is 3. The van der Waals surface area contributed by atoms with E-state index in [0.29, 0.717) is 37.0 Å². The molecule has 2 aromatic rings. The molecule has 1 saturated heterocycles. The number of carbonyl (C=O) groups is 1. The highest BCUT2D eigenvalue weighted by molar-refractivity contribution is 6.01. The van der Waals surface area contributed by atoms with Crippen LogP contribution in [0, 0.1) is 0 Å². The second kappa shape index (κ2) is 14.1. The molecule has 0 saturated carbocycles. The number of methoxy groups -OCH3 is 1. The molecule has 3 N–H and O–H groups in total. The van der Waals surface area contributed by atoms with Crippen LogP contribution in [0.5, 0.6) is 11.5 Å². The van der Waals surface area contributed by atoms with E-state index in [9.17, 15) is 4.79 Å². The van der Waals surface area contributed by atoms with Gasteiger partial charge in [-0.1, -0.05) is 18.2 Å². The molecule has 39 heavy (non-hydrogen) atoms. The Morgan fingerprint density at radius 3 is 2.74 bits per heavy atom. The summed E-state index contributed by atoms with van der Waals surface area (Å²) in [5.74, 6) is 1.38. The van der Waals surface area contributed by atoms with Gasteiger partial charge in [0.2, 0.25) is 5.90 Å². The molecule has 1 fully saturated rings. The van der Waals surface area contributed by atoms with E-state index >= 15 is 0 Å². The number of aliphatic hydroxyl groups excluding tert-OH is 1. The summed E-state index contributed by atoms with van der Waals surface area (Å²) >= 11 is 0. The number of hydrogen-bond acceptors (Lipinski definition) is 9. The first-order valence-electron chi connectivity index (χ1n) is 13.3. The Bertz CT molecular complexity index is 1120. The van der Waals surface area contributed by atoms with Gasteiger partial charge in [0.25, 0.3) is 5.91 Å². The molecular formula is C29H38N4O6. The van der Waals surface area contributed by atoms with Gasteiger partial charge < -0.3 is 24.1 Å². The monoisotopic (exact) mass is 538 g/mol. The lowest BCUT2D eigenvalue weighted by Gasteiger charge is -2.30. The molecule has 10 heteroatoms. The van der Waals surface area contributed by atoms with Crippen LogP contribution in [0.2, 0.25) is 0 Å². The summed E-state index contributed by atoms with van der Waals surface area (Å²) in [7, 11) is 1.60. The minimum atomic E-state index is -1.29. The molecule has 0 radical (unpaired) electrons. The first-order chi connectivity index (χ1) is 19.1. The number of amides is 1. The van der Waals surface area contributed by atoms with Crippen molar-refractivity contribution in [2.45, 2.75) is 24.5 Å². The zero-order chi connectivity index (χ0) is 27.5. The number of nitrogens with one attached hydrogen (secondary N) is 2. The van der Waals surface area contributed by atoms with Crippen molar-refractivity contribution in [1.82, 2.24) is 15.8 Å². The highest BCUT2D eigenvalue weighted by Crippen LogP contribution is 2.43. The number of aliphatic imine (C=N–C) groups is 1. The van der Waals surface area contributed by atoms with Gasteiger partial charge in [0, 0.05) is 51.2 Å². The van der Waals surface area contributed by atoms with Crippen LogP contribution in [-0.4, -0.2) is 87.1 Å². The smallest absolute Gasteiger partial charge is 0.266 e. The molecular weight excluding hydrogens is 500 g/mol. The van der Waals surface area contributed by atoms with Crippen molar-refractivity contribution in [3.63, 3.8) is 0 Å². The van der Waals surface area contributed by atoms with Crippen molar-refractivity contribution in [1.29, 1.82) is 0 Å². The fourth-order valence-corrected chi connectivity index (χ4v) is 4.63. The van der Waals surface area contributed by atoms with Gasteiger partial charge in [0.1, 0.15) is 11.5 Å². The molecule has 1 amide bonds. The number of ether oxygens (including phenoxy) is 4. The van der Waals surface area contributed by atoms with Gasteiger partial charge in [-0.05, 0) is 42.0 Å². The molecule has 0 spiro atoms. The largest absolute Gasteiger partial charge is 0.497 e. The molecule has 0 bridgehead atoms. The molecule has 2 heterocycles. The minimum absolute atomic E-state index is 0.0733. The van der Waals surface area contributed by atoms with Crippen LogP contribution in [0.3, 0.4) is 0 Å². The van der Waals surface area contributed by atoms with Gasteiger partial charge in [-0.15, -0.1) is 6.58 Å². The SMILES string of the molecule is C=CC[C@]1(C(=O)NNCCN2CCOCC2)N=C(c2ccc(OCCCO)cc2)O[C@H]1c1cccc(OC)c1. The fourth-order valence-electron chi connectivity index (χ4n) is 4.63. The number of hydrazine groups is 1. The van der Waals surface area contributed by atoms with E-state index < -0.39 is 11.6 Å². The predicted molar refractivity (Wildman–Crippen MR) is 148 cm³/mol. The van der Waals surface area contributed by atoms with Gasteiger partial charge in [-0.2, -0.15) is 0 Å². The third-order valence-electron chi connectivity index (χ3n) is 6.74. The number of aliphatic hydroxyl groups is 1. The number of morpholine rings is 1. The molecule has 0 aromatic heterocycles. The summed E-state index contributed by atoms with van der Waals surface area (Å²) in [4.78, 5) is 21.0. The van der Waals surface area contributed by atoms with Gasteiger partial charge >= 0.3 is 0 Å². The molecule has 2 atom stereocenters. The first-order valence-corrected chi connectivity index (χ1v) is 13.3. The summed E-state index contributed by atoms with van der Waals surface area (Å²) in [6.07, 6.45) is 1.80. The second-order valence-electron chi connectivity index (χ2n) is 9.39. The summed E-state index contributed by atoms with van der Waals surface area (Å²) in [5.41, 5.74) is 6.15. The molecule has 2 aliphatic rings. The van der Waals surface area contributed by atoms with Crippen molar-refractivity contribution in [3.8, 4) is 11.5 Å². The van der Waals surface area contributed by atoms with Gasteiger partial charge in [-0.25, -0.2) is 10.4 Å². The first kappa shape index (κ1) is 28.6. The summed E-state index contributed by atoms with van der Waals surface area (Å²) < 4.78 is 22.9. The van der Waals surface area contributed by atoms with Crippen molar-refractivity contribution in [3.05, 3.63) is 72.3 Å². The Labute approximate surface area is 229 Å². The van der Waals surface area contributed by atoms with Crippen LogP contribution in [0.4, 0.5) is 0 Å². The third-order valence-corrected chi connectivity index (χ3v) is 6.74. The Balaban J connectivity index is 1.56. The van der Waals surface area contributed by atoms with E-state index in [1.807, 2.05) is 48.5 Å². The minimum Gasteiger partial charge on any atom is -0.497 e. The average molecular weight is 539 g/mol. The van der Waals surface area contributed by atoms with Crippen molar-refractivity contribution < 1.29 is 28.8 Å². The maximum Gasteiger partial charge on any atom is 0.266 e. The maximum atomic E-state index is 13.8. The Kier molecular flexibility index (Phi) is 10.3. The molecule has 0 aliphatic carbocycles. The van der Waals surface area contributed by atoms with E-state index in [1.165, 1.54) is 0 Å². The number of carbonyl (C=O) groups excluding carboxylic acids is 1. The highest BCUT2D eigenvalue weighted by Gasteiger charge is 2.52. The van der Waals surface area contributed by atoms with E-state index in [4.69, 9.17) is 29.0 Å². The Hall–Kier alpha value is -3.44. The Morgan fingerprint density at radius 1 is 1.23 bits per heavy atom. The van der Waals surface area contributed by atoms with E-state index in [1.54, 1.807) is 13.2 Å². The standard InChI is InChI=1S/C29H38N4O6/c1-3-12-29(28(35)32-30-13-14-33-15-19-37-20-16-33)26(23-6-4-7-25(21-23)36-2)39-27(31-29)22-8-10-24(11-9-22)38-18-5-17-34/h3-4,6-11,21,26,30,34H,1,5,12-20H2,2H3,(H,32,35)/t26-,29-/m0/s1. The van der Waals surface area contributed by atoms with Crippen LogP contribution < -0.4 is 20.3 Å². The fraction of sp³-hybridized carbons (Fsp3) is 0.448. The summed E-state index contributed by atoms with van der Waals surface area (Å²) in [6.45, 7) is 8.97. The van der Waals surface area contributed by atoms with Crippen LogP contribution in [0.15, 0.2) is 66.2 Å². The van der Waals surface area contributed by atoms with Crippen LogP contribution in [0.25, 0.3) is 0 Å². The van der Waals surface area contributed by atoms with Crippen LogP contribution >= 0.6 is 0 Å². The van der Waals surface area contributed by atoms with E-state index in [2.05, 4.69) is 22.3 Å². The molecule has 0 unspecified atom stereocenters. The highest BCUT2D eigenvalue weighted by atomic mass is 16.5. The number of benzene rings is 2. The lowest BCUT2D eigenvalue weighted by atomic mass is 9.84. The maximum absolute atomic E-state index is 13.8. The molecule has 10 nitrogen and oxygen atoms in total. The number of rotatable bonds is 14. The lowest BCUT2D eigenvalue weighted by molar-refractivity contribution is -0.129. The van der Waals surface area contributed by atoms with Crippen molar-refractivity contribution in [2.24, 2.45) is 4.99 Å². The molecule has 4 rings (SSSR count). The van der Waals surface area contributed by atoms with Crippen molar-refractivity contribution in [2.75, 3.05) is 59.7 Å². The predicted octanol–water partition coefficient (Wildman–Crippen LogP) is 2.24. The summed E-state index contributed by atoms with van der Waals surface area (Å²) in [6, 6.07) is 14.8. The van der Waals surface area contributed by atoms with E-state index in [-0.39, 0.29) is 18.9 Å². The molecule has 2 aromatic carbocycles. The van der Waals surface area contributed by atoms with Crippen LogP contribution in [-0.2, 0) is 14.3 Å². The zero-order valence-electron chi connectivity index (χ0n) is 22.4. The van der Waals surface area contributed by atoms with E-state index in [0.717, 1.165) is 44.0 Å². The zero-order valence-corrected chi connectivity index (χ0v) is 22.4. The third kappa shape index (κ3) is 7.15. The topological polar surface area (TPSA) is 114 Å². The normalized spacial score (nSPS) is 21.1. The van der Waals surface area contributed by atoms with Gasteiger partial charge in [-0.3, -0.25) is 15.1 Å². The molecule has 2 aliphatic heterocycles. The Morgan fingerprint density at radius 2 is 2.03 bits per heavy atom. The van der Waals surface area contributed by atoms with Gasteiger partial charge in [0.05, 0.1) is 26.9 Å². The molecule has 210 valence electrons. The van der Waals surface area contributed by atoms with Crippen molar-refractivity contribution >= 4 is 11.8 Å². The average Bonchev–Trinajstić information content (AvgIpc) is 3.37. The lowest BCUT2D eigenvalue weighted by Crippen LogP contribution is -2.53. The summed E-state index contributed by atoms with van der Waals surface area (Å²) in [5, 5.41) is 8.98.